The summed E-state index contributed by atoms with van der Waals surface area (Å²) in [6, 6.07) is 0. The molecular formula is C10H15N3O2. The highest BCUT2D eigenvalue weighted by Gasteiger charge is 2.31. The minimum Gasteiger partial charge on any atom is -0.393 e. The smallest absolute Gasteiger partial charge is 0.172 e. The van der Waals surface area contributed by atoms with Gasteiger partial charge in [0.25, 0.3) is 0 Å². The van der Waals surface area contributed by atoms with Gasteiger partial charge in [0.2, 0.25) is 0 Å². The Morgan fingerprint density at radius 3 is 2.93 bits per heavy atom. The summed E-state index contributed by atoms with van der Waals surface area (Å²) in [7, 11) is 0. The van der Waals surface area contributed by atoms with Gasteiger partial charge in [-0.2, -0.15) is 0 Å². The molecule has 0 amide bonds. The van der Waals surface area contributed by atoms with Crippen LogP contribution < -0.4 is 0 Å². The minimum absolute atomic E-state index is 0.346. The first kappa shape index (κ1) is 10.3. The van der Waals surface area contributed by atoms with Gasteiger partial charge in [-0.3, -0.25) is 4.79 Å². The molecule has 0 spiro atoms. The molecule has 1 N–H and O–H groups in total. The molecule has 0 saturated heterocycles. The second kappa shape index (κ2) is 4.10. The van der Waals surface area contributed by atoms with E-state index in [1.54, 1.807) is 11.6 Å². The number of aryl methyl sites for hydroxylation is 1. The highest BCUT2D eigenvalue weighted by Crippen LogP contribution is 2.40. The van der Waals surface area contributed by atoms with E-state index in [0.717, 1.165) is 24.8 Å². The van der Waals surface area contributed by atoms with Crippen LogP contribution in [0, 0.1) is 0 Å². The third-order valence-corrected chi connectivity index (χ3v) is 2.64. The van der Waals surface area contributed by atoms with Crippen LogP contribution in [0.3, 0.4) is 0 Å². The van der Waals surface area contributed by atoms with E-state index < -0.39 is 0 Å². The van der Waals surface area contributed by atoms with Gasteiger partial charge in [-0.05, 0) is 26.2 Å². The number of carbonyl (C=O) groups is 1. The molecule has 5 heteroatoms. The summed E-state index contributed by atoms with van der Waals surface area (Å²) in [6.07, 6.45) is 3.29. The van der Waals surface area contributed by atoms with Crippen molar-refractivity contribution in [2.45, 2.75) is 44.8 Å². The van der Waals surface area contributed by atoms with Crippen LogP contribution in [0.15, 0.2) is 0 Å². The first-order valence-electron chi connectivity index (χ1n) is 5.29. The Hall–Kier alpha value is -1.23. The maximum absolute atomic E-state index is 10.7. The highest BCUT2D eigenvalue weighted by molar-refractivity contribution is 5.73. The van der Waals surface area contributed by atoms with Crippen LogP contribution in [0.1, 0.15) is 48.3 Å². The van der Waals surface area contributed by atoms with Crippen molar-refractivity contribution in [2.24, 2.45) is 0 Å². The molecule has 1 atom stereocenters. The summed E-state index contributed by atoms with van der Waals surface area (Å²) in [5.74, 6) is 0.453. The Balaban J connectivity index is 2.15. The zero-order chi connectivity index (χ0) is 10.8. The molecule has 0 bridgehead atoms. The average Bonchev–Trinajstić information content (AvgIpc) is 2.96. The van der Waals surface area contributed by atoms with E-state index in [4.69, 9.17) is 0 Å². The Morgan fingerprint density at radius 1 is 1.67 bits per heavy atom. The molecule has 82 valence electrons. The molecular weight excluding hydrogens is 194 g/mol. The predicted octanol–water partition coefficient (Wildman–Crippen LogP) is 0.739. The fourth-order valence-electron chi connectivity index (χ4n) is 1.67. The fourth-order valence-corrected chi connectivity index (χ4v) is 1.67. The molecule has 1 unspecified atom stereocenters. The Bertz CT molecular complexity index is 356. The summed E-state index contributed by atoms with van der Waals surface area (Å²) in [5.41, 5.74) is 1.41. The third kappa shape index (κ3) is 2.23. The number of aliphatic hydroxyl groups is 1. The van der Waals surface area contributed by atoms with Crippen molar-refractivity contribution in [2.75, 3.05) is 0 Å². The lowest BCUT2D eigenvalue weighted by molar-refractivity contribution is 0.111. The molecule has 1 saturated carbocycles. The minimum atomic E-state index is -0.346. The van der Waals surface area contributed by atoms with Crippen molar-refractivity contribution in [3.63, 3.8) is 0 Å². The standard InChI is InChI=1S/C10H15N3O2/c1-7(15)4-5-13-10(8-2-3-8)9(6-14)11-12-13/h6-8,15H,2-5H2,1H3. The van der Waals surface area contributed by atoms with Gasteiger partial charge in [0.05, 0.1) is 11.8 Å². The third-order valence-electron chi connectivity index (χ3n) is 2.64. The molecule has 15 heavy (non-hydrogen) atoms. The lowest BCUT2D eigenvalue weighted by atomic mass is 10.2. The average molecular weight is 209 g/mol. The molecule has 0 aliphatic heterocycles. The van der Waals surface area contributed by atoms with Crippen LogP contribution in [0.25, 0.3) is 0 Å². The SMILES string of the molecule is CC(O)CCn1nnc(C=O)c1C1CC1. The van der Waals surface area contributed by atoms with Crippen molar-refractivity contribution in [1.29, 1.82) is 0 Å². The Kier molecular flexibility index (Phi) is 2.81. The quantitative estimate of drug-likeness (QED) is 0.726. The van der Waals surface area contributed by atoms with E-state index in [1.165, 1.54) is 0 Å². The van der Waals surface area contributed by atoms with E-state index >= 15 is 0 Å². The topological polar surface area (TPSA) is 68.0 Å². The zero-order valence-corrected chi connectivity index (χ0v) is 8.76. The largest absolute Gasteiger partial charge is 0.393 e. The van der Waals surface area contributed by atoms with Gasteiger partial charge in [-0.15, -0.1) is 5.10 Å². The number of aliphatic hydroxyl groups excluding tert-OH is 1. The van der Waals surface area contributed by atoms with Crippen molar-refractivity contribution in [3.8, 4) is 0 Å². The van der Waals surface area contributed by atoms with Crippen LogP contribution in [0.2, 0.25) is 0 Å². The van der Waals surface area contributed by atoms with Crippen LogP contribution in [-0.4, -0.2) is 32.5 Å². The number of carbonyl (C=O) groups excluding carboxylic acids is 1. The van der Waals surface area contributed by atoms with E-state index in [9.17, 15) is 9.90 Å². The van der Waals surface area contributed by atoms with Gasteiger partial charge in [-0.1, -0.05) is 5.21 Å². The van der Waals surface area contributed by atoms with Crippen molar-refractivity contribution >= 4 is 6.29 Å². The summed E-state index contributed by atoms with van der Waals surface area (Å²) >= 11 is 0. The second-order valence-electron chi connectivity index (χ2n) is 4.11. The molecule has 1 heterocycles. The van der Waals surface area contributed by atoms with Gasteiger partial charge < -0.3 is 5.11 Å². The van der Waals surface area contributed by atoms with E-state index in [0.29, 0.717) is 24.6 Å². The zero-order valence-electron chi connectivity index (χ0n) is 8.76. The number of hydrogen-bond acceptors (Lipinski definition) is 4. The van der Waals surface area contributed by atoms with Gasteiger partial charge in [-0.25, -0.2) is 4.68 Å². The normalized spacial score (nSPS) is 17.7. The van der Waals surface area contributed by atoms with Gasteiger partial charge in [0, 0.05) is 12.5 Å². The van der Waals surface area contributed by atoms with Crippen molar-refractivity contribution < 1.29 is 9.90 Å². The summed E-state index contributed by atoms with van der Waals surface area (Å²) in [5, 5.41) is 17.0. The lowest BCUT2D eigenvalue weighted by Crippen LogP contribution is -2.10. The highest BCUT2D eigenvalue weighted by atomic mass is 16.3. The molecule has 2 rings (SSSR count). The maximum atomic E-state index is 10.7. The first-order chi connectivity index (χ1) is 7.22. The molecule has 1 aromatic heterocycles. The van der Waals surface area contributed by atoms with Gasteiger partial charge >= 0.3 is 0 Å². The summed E-state index contributed by atoms with van der Waals surface area (Å²) in [4.78, 5) is 10.7. The number of aromatic nitrogens is 3. The van der Waals surface area contributed by atoms with Gasteiger partial charge in [0.15, 0.2) is 6.29 Å². The molecule has 5 nitrogen and oxygen atoms in total. The van der Waals surface area contributed by atoms with Gasteiger partial charge in [0.1, 0.15) is 5.69 Å². The molecule has 1 fully saturated rings. The summed E-state index contributed by atoms with van der Waals surface area (Å²) < 4.78 is 1.76. The van der Waals surface area contributed by atoms with Crippen LogP contribution >= 0.6 is 0 Å². The number of nitrogens with zero attached hydrogens (tertiary/aromatic N) is 3. The maximum Gasteiger partial charge on any atom is 0.172 e. The van der Waals surface area contributed by atoms with Crippen LogP contribution in [-0.2, 0) is 6.54 Å². The molecule has 0 radical (unpaired) electrons. The molecule has 0 aromatic carbocycles. The lowest BCUT2D eigenvalue weighted by Gasteiger charge is -2.06. The summed E-state index contributed by atoms with van der Waals surface area (Å²) in [6.45, 7) is 2.37. The molecule has 1 aromatic rings. The Labute approximate surface area is 88.1 Å². The van der Waals surface area contributed by atoms with Crippen molar-refractivity contribution in [1.82, 2.24) is 15.0 Å². The van der Waals surface area contributed by atoms with Crippen molar-refractivity contribution in [3.05, 3.63) is 11.4 Å². The van der Waals surface area contributed by atoms with Crippen LogP contribution in [0.4, 0.5) is 0 Å². The molecule has 1 aliphatic rings. The number of rotatable bonds is 5. The fraction of sp³-hybridized carbons (Fsp3) is 0.700. The number of hydrogen-bond donors (Lipinski definition) is 1. The number of aldehydes is 1. The predicted molar refractivity (Wildman–Crippen MR) is 53.7 cm³/mol. The van der Waals surface area contributed by atoms with E-state index in [-0.39, 0.29) is 6.10 Å². The van der Waals surface area contributed by atoms with E-state index in [1.807, 2.05) is 0 Å². The Morgan fingerprint density at radius 2 is 2.40 bits per heavy atom. The van der Waals surface area contributed by atoms with Crippen LogP contribution in [0.5, 0.6) is 0 Å². The second-order valence-corrected chi connectivity index (χ2v) is 4.11. The monoisotopic (exact) mass is 209 g/mol. The first-order valence-corrected chi connectivity index (χ1v) is 5.29. The molecule has 1 aliphatic carbocycles. The van der Waals surface area contributed by atoms with E-state index in [2.05, 4.69) is 10.3 Å².